The lowest BCUT2D eigenvalue weighted by molar-refractivity contribution is 0.179. The third-order valence-electron chi connectivity index (χ3n) is 4.49. The molecule has 0 spiro atoms. The Morgan fingerprint density at radius 1 is 1.26 bits per heavy atom. The van der Waals surface area contributed by atoms with Gasteiger partial charge in [0.05, 0.1) is 17.7 Å². The van der Waals surface area contributed by atoms with Gasteiger partial charge in [0.1, 0.15) is 11.0 Å². The highest BCUT2D eigenvalue weighted by Gasteiger charge is 2.38. The summed E-state index contributed by atoms with van der Waals surface area (Å²) in [6.45, 7) is 2.40. The summed E-state index contributed by atoms with van der Waals surface area (Å²) >= 11 is 6.12. The monoisotopic (exact) mass is 329 g/mol. The molecule has 0 N–H and O–H groups in total. The molecule has 3 rings (SSSR count). The first-order chi connectivity index (χ1) is 11.1. The zero-order chi connectivity index (χ0) is 16.3. The molecule has 1 aromatic heterocycles. The number of rotatable bonds is 3. The van der Waals surface area contributed by atoms with Gasteiger partial charge in [-0.3, -0.25) is 4.90 Å². The average molecular weight is 330 g/mol. The lowest BCUT2D eigenvalue weighted by Gasteiger charge is -2.37. The summed E-state index contributed by atoms with van der Waals surface area (Å²) in [4.78, 5) is 6.17. The van der Waals surface area contributed by atoms with Crippen LogP contribution in [0.1, 0.15) is 24.0 Å². The predicted molar refractivity (Wildman–Crippen MR) is 87.4 cm³/mol. The van der Waals surface area contributed by atoms with Gasteiger partial charge in [-0.15, -0.1) is 0 Å². The molecule has 1 aliphatic rings. The molecule has 0 bridgehead atoms. The Morgan fingerprint density at radius 2 is 1.96 bits per heavy atom. The summed E-state index contributed by atoms with van der Waals surface area (Å²) in [6, 6.07) is 14.0. The van der Waals surface area contributed by atoms with Crippen LogP contribution in [0.2, 0.25) is 5.15 Å². The summed E-state index contributed by atoms with van der Waals surface area (Å²) in [5, 5.41) is 9.94. The van der Waals surface area contributed by atoms with E-state index in [-0.39, 0.29) is 5.15 Å². The second-order valence-corrected chi connectivity index (χ2v) is 6.31. The average Bonchev–Trinajstić information content (AvgIpc) is 2.59. The topological polar surface area (TPSA) is 39.9 Å². The summed E-state index contributed by atoms with van der Waals surface area (Å²) in [5.74, 6) is -0.453. The van der Waals surface area contributed by atoms with E-state index in [9.17, 15) is 9.65 Å². The molecule has 0 amide bonds. The molecule has 1 saturated heterocycles. The van der Waals surface area contributed by atoms with E-state index in [4.69, 9.17) is 11.6 Å². The molecule has 1 fully saturated rings. The van der Waals surface area contributed by atoms with E-state index in [2.05, 4.69) is 28.1 Å². The lowest BCUT2D eigenvalue weighted by atomic mass is 9.74. The maximum absolute atomic E-state index is 13.5. The normalized spacial score (nSPS) is 17.6. The van der Waals surface area contributed by atoms with Gasteiger partial charge in [0.2, 0.25) is 0 Å². The molecule has 0 radical (unpaired) electrons. The molecule has 1 aromatic carbocycles. The van der Waals surface area contributed by atoms with Gasteiger partial charge in [-0.2, -0.15) is 5.26 Å². The van der Waals surface area contributed by atoms with E-state index in [1.54, 1.807) is 0 Å². The number of nitrogens with zero attached hydrogens (tertiary/aromatic N) is 3. The number of benzene rings is 1. The summed E-state index contributed by atoms with van der Waals surface area (Å²) < 4.78 is 13.5. The van der Waals surface area contributed by atoms with Crippen LogP contribution in [-0.4, -0.2) is 23.0 Å². The van der Waals surface area contributed by atoms with Crippen molar-refractivity contribution in [2.24, 2.45) is 0 Å². The van der Waals surface area contributed by atoms with E-state index in [0.717, 1.165) is 25.8 Å². The van der Waals surface area contributed by atoms with Crippen molar-refractivity contribution in [2.75, 3.05) is 13.1 Å². The Morgan fingerprint density at radius 3 is 2.61 bits per heavy atom. The molecule has 0 atom stereocenters. The maximum atomic E-state index is 13.5. The van der Waals surface area contributed by atoms with Crippen molar-refractivity contribution < 1.29 is 4.39 Å². The molecule has 2 aromatic rings. The first-order valence-electron chi connectivity index (χ1n) is 7.62. The number of halogens is 2. The van der Waals surface area contributed by atoms with Crippen LogP contribution in [0.25, 0.3) is 0 Å². The molecule has 0 saturated carbocycles. The highest BCUT2D eigenvalue weighted by atomic mass is 35.5. The molecular weight excluding hydrogens is 313 g/mol. The van der Waals surface area contributed by atoms with Gasteiger partial charge in [-0.05, 0) is 24.5 Å². The minimum Gasteiger partial charge on any atom is -0.299 e. The van der Waals surface area contributed by atoms with Crippen molar-refractivity contribution >= 4 is 11.6 Å². The zero-order valence-electron chi connectivity index (χ0n) is 12.7. The highest BCUT2D eigenvalue weighted by Crippen LogP contribution is 2.38. The van der Waals surface area contributed by atoms with Crippen LogP contribution >= 0.6 is 11.6 Å². The summed E-state index contributed by atoms with van der Waals surface area (Å²) in [6.07, 6.45) is 2.34. The van der Waals surface area contributed by atoms with Gasteiger partial charge >= 0.3 is 0 Å². The van der Waals surface area contributed by atoms with E-state index < -0.39 is 11.2 Å². The van der Waals surface area contributed by atoms with Crippen molar-refractivity contribution in [1.29, 1.82) is 5.26 Å². The highest BCUT2D eigenvalue weighted by molar-refractivity contribution is 6.30. The molecule has 23 heavy (non-hydrogen) atoms. The Labute approximate surface area is 140 Å². The van der Waals surface area contributed by atoms with Crippen molar-refractivity contribution in [1.82, 2.24) is 9.88 Å². The fourth-order valence-corrected chi connectivity index (χ4v) is 3.42. The van der Waals surface area contributed by atoms with Gasteiger partial charge in [-0.25, -0.2) is 9.37 Å². The van der Waals surface area contributed by atoms with Gasteiger partial charge in [0.25, 0.3) is 0 Å². The van der Waals surface area contributed by atoms with Gasteiger partial charge in [-0.1, -0.05) is 41.9 Å². The number of pyridine rings is 1. The zero-order valence-corrected chi connectivity index (χ0v) is 13.4. The van der Waals surface area contributed by atoms with Crippen molar-refractivity contribution in [3.05, 3.63) is 64.7 Å². The predicted octanol–water partition coefficient (Wildman–Crippen LogP) is 3.93. The summed E-state index contributed by atoms with van der Waals surface area (Å²) in [5.41, 5.74) is 1.02. The minimum atomic E-state index is -0.751. The van der Waals surface area contributed by atoms with Crippen molar-refractivity contribution in [3.63, 3.8) is 0 Å². The Kier molecular flexibility index (Phi) is 4.61. The van der Waals surface area contributed by atoms with Crippen LogP contribution in [-0.2, 0) is 12.0 Å². The Balaban J connectivity index is 1.75. The molecule has 5 heteroatoms. The third kappa shape index (κ3) is 3.36. The number of hydrogen-bond acceptors (Lipinski definition) is 3. The summed E-state index contributed by atoms with van der Waals surface area (Å²) in [7, 11) is 0. The van der Waals surface area contributed by atoms with Crippen LogP contribution in [0.5, 0.6) is 0 Å². The first-order valence-corrected chi connectivity index (χ1v) is 8.00. The Bertz CT molecular complexity index is 719. The molecule has 118 valence electrons. The van der Waals surface area contributed by atoms with Crippen LogP contribution < -0.4 is 0 Å². The fourth-order valence-electron chi connectivity index (χ4n) is 3.13. The second-order valence-electron chi connectivity index (χ2n) is 5.95. The largest absolute Gasteiger partial charge is 0.299 e. The molecular formula is C18H17ClFN3. The number of piperidine rings is 1. The number of aromatic nitrogens is 1. The Hall–Kier alpha value is -1.96. The number of likely N-dealkylation sites (tertiary alicyclic amines) is 1. The maximum Gasteiger partial charge on any atom is 0.141 e. The van der Waals surface area contributed by atoms with Crippen molar-refractivity contribution in [3.8, 4) is 6.07 Å². The van der Waals surface area contributed by atoms with E-state index in [1.165, 1.54) is 11.6 Å². The number of hydrogen-bond donors (Lipinski definition) is 0. The molecule has 1 aliphatic heterocycles. The van der Waals surface area contributed by atoms with Crippen molar-refractivity contribution in [2.45, 2.75) is 24.8 Å². The fraction of sp³-hybridized carbons (Fsp3) is 0.333. The third-order valence-corrected chi connectivity index (χ3v) is 4.80. The number of nitriles is 1. The van der Waals surface area contributed by atoms with E-state index in [0.29, 0.717) is 18.4 Å². The second kappa shape index (κ2) is 6.66. The van der Waals surface area contributed by atoms with E-state index >= 15 is 0 Å². The first kappa shape index (κ1) is 15.9. The lowest BCUT2D eigenvalue weighted by Crippen LogP contribution is -2.41. The standard InChI is InChI=1S/C18H17ClFN3/c19-17-16(10-15(20)11-22-17)18(13-21)6-8-23(9-7-18)12-14-4-2-1-3-5-14/h1-5,10-11H,6-9,12H2. The van der Waals surface area contributed by atoms with Crippen LogP contribution in [0.3, 0.4) is 0 Å². The molecule has 2 heterocycles. The smallest absolute Gasteiger partial charge is 0.141 e. The van der Waals surface area contributed by atoms with Crippen LogP contribution in [0.15, 0.2) is 42.6 Å². The molecule has 0 unspecified atom stereocenters. The quantitative estimate of drug-likeness (QED) is 0.801. The van der Waals surface area contributed by atoms with Gasteiger partial charge in [0.15, 0.2) is 0 Å². The van der Waals surface area contributed by atoms with E-state index in [1.807, 2.05) is 18.2 Å². The van der Waals surface area contributed by atoms with Crippen LogP contribution in [0, 0.1) is 17.1 Å². The van der Waals surface area contributed by atoms with Gasteiger partial charge in [0, 0.05) is 25.2 Å². The minimum absolute atomic E-state index is 0.226. The SMILES string of the molecule is N#CC1(c2cc(F)cnc2Cl)CCN(Cc2ccccc2)CC1. The molecule has 0 aliphatic carbocycles. The molecule has 3 nitrogen and oxygen atoms in total. The van der Waals surface area contributed by atoms with Crippen LogP contribution in [0.4, 0.5) is 4.39 Å². The van der Waals surface area contributed by atoms with Gasteiger partial charge < -0.3 is 0 Å².